The van der Waals surface area contributed by atoms with Crippen LogP contribution < -0.4 is 5.32 Å². The minimum atomic E-state index is 0.376. The summed E-state index contributed by atoms with van der Waals surface area (Å²) in [5.41, 5.74) is 0.376. The highest BCUT2D eigenvalue weighted by atomic mass is 15.2. The molecular weight excluding hydrogens is 220 g/mol. The second-order valence-electron chi connectivity index (χ2n) is 7.09. The van der Waals surface area contributed by atoms with Crippen LogP contribution >= 0.6 is 0 Å². The van der Waals surface area contributed by atoms with Crippen molar-refractivity contribution in [3.8, 4) is 0 Å². The highest BCUT2D eigenvalue weighted by molar-refractivity contribution is 4.90. The fraction of sp³-hybridized carbons (Fsp3) is 1.00. The SMILES string of the molecule is CCCCCCCN1CC(C(C)(C)C)NCC1C. The van der Waals surface area contributed by atoms with E-state index in [2.05, 4.69) is 44.8 Å². The Bertz CT molecular complexity index is 220. The Kier molecular flexibility index (Phi) is 6.65. The number of hydrogen-bond donors (Lipinski definition) is 1. The molecule has 0 saturated carbocycles. The van der Waals surface area contributed by atoms with E-state index in [4.69, 9.17) is 0 Å². The van der Waals surface area contributed by atoms with E-state index in [1.54, 1.807) is 0 Å². The number of hydrogen-bond acceptors (Lipinski definition) is 2. The molecule has 0 amide bonds. The van der Waals surface area contributed by atoms with Gasteiger partial charge in [0.2, 0.25) is 0 Å². The van der Waals surface area contributed by atoms with E-state index in [-0.39, 0.29) is 0 Å². The normalized spacial score (nSPS) is 26.5. The molecule has 1 rings (SSSR count). The third kappa shape index (κ3) is 5.27. The summed E-state index contributed by atoms with van der Waals surface area (Å²) in [6.07, 6.45) is 6.95. The van der Waals surface area contributed by atoms with E-state index in [1.165, 1.54) is 45.2 Å². The Balaban J connectivity index is 2.29. The van der Waals surface area contributed by atoms with Gasteiger partial charge < -0.3 is 5.32 Å². The predicted octanol–water partition coefficient (Wildman–Crippen LogP) is 3.67. The molecule has 0 spiro atoms. The van der Waals surface area contributed by atoms with Crippen molar-refractivity contribution in [3.05, 3.63) is 0 Å². The van der Waals surface area contributed by atoms with Crippen molar-refractivity contribution in [1.29, 1.82) is 0 Å². The summed E-state index contributed by atoms with van der Waals surface area (Å²) in [6, 6.07) is 1.35. The molecule has 2 atom stereocenters. The zero-order valence-electron chi connectivity index (χ0n) is 13.3. The molecule has 2 nitrogen and oxygen atoms in total. The van der Waals surface area contributed by atoms with Gasteiger partial charge in [0, 0.05) is 25.2 Å². The average Bonchev–Trinajstić information content (AvgIpc) is 2.29. The molecule has 2 unspecified atom stereocenters. The van der Waals surface area contributed by atoms with Crippen LogP contribution in [0.2, 0.25) is 0 Å². The summed E-state index contributed by atoms with van der Waals surface area (Å²) in [5, 5.41) is 3.71. The van der Waals surface area contributed by atoms with Crippen molar-refractivity contribution >= 4 is 0 Å². The molecule has 1 N–H and O–H groups in total. The lowest BCUT2D eigenvalue weighted by Gasteiger charge is -2.44. The van der Waals surface area contributed by atoms with Gasteiger partial charge >= 0.3 is 0 Å². The Labute approximate surface area is 115 Å². The van der Waals surface area contributed by atoms with Crippen LogP contribution in [0.25, 0.3) is 0 Å². The zero-order chi connectivity index (χ0) is 13.6. The van der Waals surface area contributed by atoms with Gasteiger partial charge in [-0.15, -0.1) is 0 Å². The lowest BCUT2D eigenvalue weighted by molar-refractivity contribution is 0.0921. The van der Waals surface area contributed by atoms with Gasteiger partial charge in [0.1, 0.15) is 0 Å². The number of unbranched alkanes of at least 4 members (excludes halogenated alkanes) is 4. The molecule has 1 aliphatic heterocycles. The van der Waals surface area contributed by atoms with E-state index in [0.717, 1.165) is 6.54 Å². The second kappa shape index (κ2) is 7.49. The predicted molar refractivity (Wildman–Crippen MR) is 81.0 cm³/mol. The van der Waals surface area contributed by atoms with Crippen LogP contribution in [0.5, 0.6) is 0 Å². The number of rotatable bonds is 6. The highest BCUT2D eigenvalue weighted by Gasteiger charge is 2.31. The zero-order valence-corrected chi connectivity index (χ0v) is 13.3. The van der Waals surface area contributed by atoms with E-state index in [1.807, 2.05) is 0 Å². The number of nitrogens with one attached hydrogen (secondary N) is 1. The molecule has 18 heavy (non-hydrogen) atoms. The molecule has 0 bridgehead atoms. The first-order valence-electron chi connectivity index (χ1n) is 7.92. The topological polar surface area (TPSA) is 15.3 Å². The molecule has 0 aromatic carbocycles. The van der Waals surface area contributed by atoms with Gasteiger partial charge in [0.05, 0.1) is 0 Å². The molecule has 1 saturated heterocycles. The van der Waals surface area contributed by atoms with Crippen LogP contribution in [0.1, 0.15) is 66.7 Å². The van der Waals surface area contributed by atoms with Crippen LogP contribution in [0, 0.1) is 5.41 Å². The molecule has 1 aliphatic rings. The summed E-state index contributed by atoms with van der Waals surface area (Å²) in [6.45, 7) is 15.3. The molecule has 0 radical (unpaired) electrons. The van der Waals surface area contributed by atoms with E-state index in [0.29, 0.717) is 17.5 Å². The van der Waals surface area contributed by atoms with Gasteiger partial charge in [0.25, 0.3) is 0 Å². The van der Waals surface area contributed by atoms with Gasteiger partial charge in [-0.2, -0.15) is 0 Å². The lowest BCUT2D eigenvalue weighted by atomic mass is 9.84. The Hall–Kier alpha value is -0.0800. The molecule has 0 aliphatic carbocycles. The Morgan fingerprint density at radius 3 is 2.39 bits per heavy atom. The summed E-state index contributed by atoms with van der Waals surface area (Å²) in [5.74, 6) is 0. The average molecular weight is 254 g/mol. The van der Waals surface area contributed by atoms with Crippen LogP contribution in [0.4, 0.5) is 0 Å². The standard InChI is InChI=1S/C16H34N2/c1-6-7-8-9-10-11-18-13-15(16(3,4)5)17-12-14(18)2/h14-15,17H,6-13H2,1-5H3. The molecule has 1 heterocycles. The van der Waals surface area contributed by atoms with Gasteiger partial charge in [-0.05, 0) is 25.3 Å². The third-order valence-corrected chi connectivity index (χ3v) is 4.29. The van der Waals surface area contributed by atoms with E-state index in [9.17, 15) is 0 Å². The molecule has 108 valence electrons. The first-order chi connectivity index (χ1) is 8.45. The van der Waals surface area contributed by atoms with Crippen molar-refractivity contribution in [2.75, 3.05) is 19.6 Å². The first-order valence-corrected chi connectivity index (χ1v) is 7.92. The van der Waals surface area contributed by atoms with Crippen molar-refractivity contribution in [3.63, 3.8) is 0 Å². The summed E-state index contributed by atoms with van der Waals surface area (Å²) >= 11 is 0. The number of piperazine rings is 1. The van der Waals surface area contributed by atoms with Crippen LogP contribution in [-0.4, -0.2) is 36.6 Å². The summed E-state index contributed by atoms with van der Waals surface area (Å²) in [4.78, 5) is 2.69. The molecular formula is C16H34N2. The maximum absolute atomic E-state index is 3.71. The van der Waals surface area contributed by atoms with Crippen molar-refractivity contribution in [2.45, 2.75) is 78.8 Å². The van der Waals surface area contributed by atoms with Crippen molar-refractivity contribution < 1.29 is 0 Å². The smallest absolute Gasteiger partial charge is 0.0244 e. The Morgan fingerprint density at radius 1 is 1.11 bits per heavy atom. The minimum absolute atomic E-state index is 0.376. The fourth-order valence-electron chi connectivity index (χ4n) is 2.73. The second-order valence-corrected chi connectivity index (χ2v) is 7.09. The molecule has 2 heteroatoms. The van der Waals surface area contributed by atoms with Gasteiger partial charge in [0.15, 0.2) is 0 Å². The summed E-state index contributed by atoms with van der Waals surface area (Å²) in [7, 11) is 0. The van der Waals surface area contributed by atoms with Crippen molar-refractivity contribution in [1.82, 2.24) is 10.2 Å². The van der Waals surface area contributed by atoms with Crippen LogP contribution in [0.3, 0.4) is 0 Å². The maximum atomic E-state index is 3.71. The largest absolute Gasteiger partial charge is 0.311 e. The van der Waals surface area contributed by atoms with Gasteiger partial charge in [-0.25, -0.2) is 0 Å². The lowest BCUT2D eigenvalue weighted by Crippen LogP contribution is -2.59. The monoisotopic (exact) mass is 254 g/mol. The molecule has 0 aromatic rings. The molecule has 1 fully saturated rings. The first kappa shape index (κ1) is 16.0. The van der Waals surface area contributed by atoms with Gasteiger partial charge in [-0.1, -0.05) is 53.4 Å². The Morgan fingerprint density at radius 2 is 1.78 bits per heavy atom. The van der Waals surface area contributed by atoms with Crippen molar-refractivity contribution in [2.24, 2.45) is 5.41 Å². The van der Waals surface area contributed by atoms with E-state index >= 15 is 0 Å². The maximum Gasteiger partial charge on any atom is 0.0244 e. The third-order valence-electron chi connectivity index (χ3n) is 4.29. The van der Waals surface area contributed by atoms with Crippen LogP contribution in [0.15, 0.2) is 0 Å². The highest BCUT2D eigenvalue weighted by Crippen LogP contribution is 2.23. The fourth-order valence-corrected chi connectivity index (χ4v) is 2.73. The van der Waals surface area contributed by atoms with E-state index < -0.39 is 0 Å². The molecule has 0 aromatic heterocycles. The quantitative estimate of drug-likeness (QED) is 0.728. The van der Waals surface area contributed by atoms with Gasteiger partial charge in [-0.3, -0.25) is 4.90 Å². The summed E-state index contributed by atoms with van der Waals surface area (Å²) < 4.78 is 0. The number of nitrogens with zero attached hydrogens (tertiary/aromatic N) is 1. The van der Waals surface area contributed by atoms with Crippen LogP contribution in [-0.2, 0) is 0 Å². The minimum Gasteiger partial charge on any atom is -0.311 e.